The van der Waals surface area contributed by atoms with Crippen LogP contribution in [0.1, 0.15) is 16.2 Å². The van der Waals surface area contributed by atoms with Gasteiger partial charge in [0.05, 0.1) is 9.95 Å². The number of amides is 1. The largest absolute Gasteiger partial charge is 0.352 e. The van der Waals surface area contributed by atoms with E-state index in [9.17, 15) is 19.7 Å². The molecule has 0 aliphatic carbocycles. The summed E-state index contributed by atoms with van der Waals surface area (Å²) in [5.41, 5.74) is -0.421. The molecular weight excluding hydrogens is 436 g/mol. The van der Waals surface area contributed by atoms with E-state index in [2.05, 4.69) is 10.1 Å². The number of nitro groups is 1. The van der Waals surface area contributed by atoms with Gasteiger partial charge in [-0.15, -0.1) is 0 Å². The number of aryl methyl sites for hydroxylation is 1. The van der Waals surface area contributed by atoms with E-state index in [4.69, 9.17) is 11.6 Å². The minimum Gasteiger partial charge on any atom is -0.352 e. The Morgan fingerprint density at radius 1 is 1.12 bits per heavy atom. The van der Waals surface area contributed by atoms with Crippen molar-refractivity contribution in [2.45, 2.75) is 6.92 Å². The van der Waals surface area contributed by atoms with Crippen LogP contribution in [0.5, 0.6) is 0 Å². The molecule has 1 saturated heterocycles. The van der Waals surface area contributed by atoms with Crippen LogP contribution in [0.15, 0.2) is 53.5 Å². The molecule has 0 atom stereocenters. The number of benzene rings is 1. The number of piperazine rings is 1. The van der Waals surface area contributed by atoms with E-state index in [-0.39, 0.29) is 17.1 Å². The van der Waals surface area contributed by atoms with Gasteiger partial charge >= 0.3 is 0 Å². The molecule has 0 saturated carbocycles. The zero-order valence-electron chi connectivity index (χ0n) is 17.1. The lowest BCUT2D eigenvalue weighted by Crippen LogP contribution is -2.50. The second kappa shape index (κ2) is 8.75. The van der Waals surface area contributed by atoms with Gasteiger partial charge in [-0.3, -0.25) is 19.7 Å². The first kappa shape index (κ1) is 21.4. The smallest absolute Gasteiger partial charge is 0.294 e. The minimum atomic E-state index is -0.530. The molecule has 1 amide bonds. The molecule has 0 spiro atoms. The second-order valence-electron chi connectivity index (χ2n) is 7.24. The van der Waals surface area contributed by atoms with E-state index >= 15 is 0 Å². The van der Waals surface area contributed by atoms with E-state index in [1.807, 2.05) is 4.90 Å². The Morgan fingerprint density at radius 2 is 1.84 bits per heavy atom. The van der Waals surface area contributed by atoms with Gasteiger partial charge < -0.3 is 9.80 Å². The lowest BCUT2D eigenvalue weighted by molar-refractivity contribution is -0.384. The molecule has 1 aliphatic heterocycles. The molecule has 3 aromatic rings. The van der Waals surface area contributed by atoms with Gasteiger partial charge in [-0.2, -0.15) is 5.10 Å². The number of halogens is 1. The normalized spacial score (nSPS) is 13.8. The lowest BCUT2D eigenvalue weighted by Gasteiger charge is -2.35. The van der Waals surface area contributed by atoms with Gasteiger partial charge in [0.15, 0.2) is 5.69 Å². The van der Waals surface area contributed by atoms with Gasteiger partial charge in [0, 0.05) is 50.2 Å². The van der Waals surface area contributed by atoms with Crippen molar-refractivity contribution in [2.75, 3.05) is 31.1 Å². The van der Waals surface area contributed by atoms with Crippen molar-refractivity contribution in [2.24, 2.45) is 0 Å². The van der Waals surface area contributed by atoms with Crippen LogP contribution in [0, 0.1) is 17.0 Å². The van der Waals surface area contributed by atoms with Crippen LogP contribution in [0.3, 0.4) is 0 Å². The van der Waals surface area contributed by atoms with Gasteiger partial charge in [-0.1, -0.05) is 23.7 Å². The highest BCUT2D eigenvalue weighted by atomic mass is 35.5. The number of nitrogens with zero attached hydrogens (tertiary/aromatic N) is 6. The quantitative estimate of drug-likeness (QED) is 0.439. The predicted molar refractivity (Wildman–Crippen MR) is 119 cm³/mol. The van der Waals surface area contributed by atoms with Gasteiger partial charge in [0.25, 0.3) is 11.6 Å². The van der Waals surface area contributed by atoms with Crippen molar-refractivity contribution >= 4 is 29.0 Å². The Morgan fingerprint density at radius 3 is 2.53 bits per heavy atom. The van der Waals surface area contributed by atoms with Gasteiger partial charge in [0.2, 0.25) is 5.43 Å². The summed E-state index contributed by atoms with van der Waals surface area (Å²) < 4.78 is 1.26. The number of pyridine rings is 1. The summed E-state index contributed by atoms with van der Waals surface area (Å²) in [6, 6.07) is 10.8. The van der Waals surface area contributed by atoms with Crippen LogP contribution in [0.2, 0.25) is 5.02 Å². The second-order valence-corrected chi connectivity index (χ2v) is 7.65. The van der Waals surface area contributed by atoms with Crippen LogP contribution >= 0.6 is 11.6 Å². The highest BCUT2D eigenvalue weighted by molar-refractivity contribution is 6.32. The molecule has 0 bridgehead atoms. The van der Waals surface area contributed by atoms with Crippen LogP contribution in [-0.2, 0) is 0 Å². The number of nitro benzene ring substituents is 1. The van der Waals surface area contributed by atoms with Gasteiger partial charge in [-0.05, 0) is 25.1 Å². The summed E-state index contributed by atoms with van der Waals surface area (Å²) in [5.74, 6) is 0.127. The number of rotatable bonds is 4. The van der Waals surface area contributed by atoms with Crippen LogP contribution < -0.4 is 10.3 Å². The zero-order chi connectivity index (χ0) is 22.8. The Balaban J connectivity index is 1.60. The number of carbonyl (C=O) groups excluding carboxylic acids is 1. The van der Waals surface area contributed by atoms with Crippen molar-refractivity contribution in [3.8, 4) is 5.69 Å². The number of hydrogen-bond donors (Lipinski definition) is 0. The molecule has 0 N–H and O–H groups in total. The highest BCUT2D eigenvalue weighted by Crippen LogP contribution is 2.24. The first-order valence-corrected chi connectivity index (χ1v) is 10.2. The predicted octanol–water partition coefficient (Wildman–Crippen LogP) is 2.46. The molecule has 164 valence electrons. The Bertz CT molecular complexity index is 1250. The Labute approximate surface area is 187 Å². The summed E-state index contributed by atoms with van der Waals surface area (Å²) in [5, 5.41) is 16.2. The van der Waals surface area contributed by atoms with Crippen molar-refractivity contribution in [3.05, 3.63) is 85.4 Å². The third-order valence-corrected chi connectivity index (χ3v) is 5.52. The number of anilines is 1. The maximum Gasteiger partial charge on any atom is 0.294 e. The monoisotopic (exact) mass is 454 g/mol. The molecule has 10 nitrogen and oxygen atoms in total. The molecule has 4 rings (SSSR count). The van der Waals surface area contributed by atoms with Crippen LogP contribution in [-0.4, -0.2) is 56.7 Å². The van der Waals surface area contributed by atoms with Gasteiger partial charge in [0.1, 0.15) is 11.5 Å². The number of para-hydroxylation sites is 2. The van der Waals surface area contributed by atoms with E-state index in [1.165, 1.54) is 27.8 Å². The molecule has 32 heavy (non-hydrogen) atoms. The SMILES string of the molecule is Cc1cc(=O)c(C(=O)N2CCN(c3ncccc3Cl)CC2)nn1-c1ccccc1[N+](=O)[O-]. The summed E-state index contributed by atoms with van der Waals surface area (Å²) in [6.07, 6.45) is 1.65. The molecule has 1 aromatic carbocycles. The summed E-state index contributed by atoms with van der Waals surface area (Å²) in [6.45, 7) is 3.30. The molecule has 11 heteroatoms. The fourth-order valence-electron chi connectivity index (χ4n) is 3.62. The zero-order valence-corrected chi connectivity index (χ0v) is 17.9. The van der Waals surface area contributed by atoms with E-state index in [1.54, 1.807) is 37.4 Å². The van der Waals surface area contributed by atoms with Crippen molar-refractivity contribution in [1.82, 2.24) is 19.7 Å². The lowest BCUT2D eigenvalue weighted by atomic mass is 10.2. The summed E-state index contributed by atoms with van der Waals surface area (Å²) in [4.78, 5) is 44.4. The van der Waals surface area contributed by atoms with Gasteiger partial charge in [-0.25, -0.2) is 9.67 Å². The minimum absolute atomic E-state index is 0.175. The van der Waals surface area contributed by atoms with E-state index in [0.717, 1.165) is 0 Å². The molecule has 0 radical (unpaired) electrons. The average Bonchev–Trinajstić information content (AvgIpc) is 2.79. The number of aromatic nitrogens is 3. The first-order chi connectivity index (χ1) is 15.4. The Kier molecular flexibility index (Phi) is 5.87. The number of hydrogen-bond acceptors (Lipinski definition) is 7. The first-order valence-electron chi connectivity index (χ1n) is 9.86. The average molecular weight is 455 g/mol. The van der Waals surface area contributed by atoms with Crippen LogP contribution in [0.4, 0.5) is 11.5 Å². The van der Waals surface area contributed by atoms with Crippen molar-refractivity contribution < 1.29 is 9.72 Å². The molecule has 0 unspecified atom stereocenters. The van der Waals surface area contributed by atoms with Crippen molar-refractivity contribution in [3.63, 3.8) is 0 Å². The molecule has 2 aromatic heterocycles. The molecule has 3 heterocycles. The Hall–Kier alpha value is -3.79. The summed E-state index contributed by atoms with van der Waals surface area (Å²) >= 11 is 6.21. The fourth-order valence-corrected chi connectivity index (χ4v) is 3.86. The fraction of sp³-hybridized carbons (Fsp3) is 0.238. The van der Waals surface area contributed by atoms with Crippen LogP contribution in [0.25, 0.3) is 5.69 Å². The molecule has 1 aliphatic rings. The highest BCUT2D eigenvalue weighted by Gasteiger charge is 2.27. The van der Waals surface area contributed by atoms with E-state index in [0.29, 0.717) is 42.7 Å². The maximum absolute atomic E-state index is 13.1. The third kappa shape index (κ3) is 4.04. The molecular formula is C21H19ClN6O4. The molecule has 1 fully saturated rings. The van der Waals surface area contributed by atoms with Crippen molar-refractivity contribution in [1.29, 1.82) is 0 Å². The van der Waals surface area contributed by atoms with E-state index < -0.39 is 16.3 Å². The number of carbonyl (C=O) groups is 1. The topological polar surface area (TPSA) is 114 Å². The third-order valence-electron chi connectivity index (χ3n) is 5.22. The summed E-state index contributed by atoms with van der Waals surface area (Å²) in [7, 11) is 0. The standard InChI is InChI=1S/C21H19ClN6O4/c1-14-13-18(29)19(24-27(14)16-6-2-3-7-17(16)28(31)32)21(30)26-11-9-25(10-12-26)20-15(22)5-4-8-23-20/h2-8,13H,9-12H2,1H3. The maximum atomic E-state index is 13.1.